The van der Waals surface area contributed by atoms with Gasteiger partial charge in [0.1, 0.15) is 17.8 Å². The van der Waals surface area contributed by atoms with Gasteiger partial charge in [-0.2, -0.15) is 0 Å². The Morgan fingerprint density at radius 1 is 1.24 bits per heavy atom. The van der Waals surface area contributed by atoms with Crippen LogP contribution in [0.1, 0.15) is 11.3 Å². The Morgan fingerprint density at radius 2 is 2.08 bits per heavy atom. The number of ether oxygens (including phenoxy) is 1. The summed E-state index contributed by atoms with van der Waals surface area (Å²) < 4.78 is 5.19. The number of aromatic nitrogens is 2. The van der Waals surface area contributed by atoms with Crippen molar-refractivity contribution in [3.05, 3.63) is 65.9 Å². The lowest BCUT2D eigenvalue weighted by Gasteiger charge is -2.26. The van der Waals surface area contributed by atoms with E-state index < -0.39 is 5.66 Å². The van der Waals surface area contributed by atoms with Crippen LogP contribution in [0, 0.1) is 0 Å². The van der Waals surface area contributed by atoms with Crippen molar-refractivity contribution in [1.29, 1.82) is 0 Å². The lowest BCUT2D eigenvalue weighted by molar-refractivity contribution is 0.337. The fourth-order valence-corrected chi connectivity index (χ4v) is 2.78. The van der Waals surface area contributed by atoms with Crippen LogP contribution in [0.2, 0.25) is 0 Å². The molecule has 0 amide bonds. The van der Waals surface area contributed by atoms with Crippen molar-refractivity contribution < 1.29 is 4.74 Å². The predicted octanol–water partition coefficient (Wildman–Crippen LogP) is 0.941. The predicted molar refractivity (Wildman–Crippen MR) is 93.6 cm³/mol. The van der Waals surface area contributed by atoms with Crippen molar-refractivity contribution in [3.63, 3.8) is 0 Å². The third-order valence-corrected chi connectivity index (χ3v) is 4.11. The van der Waals surface area contributed by atoms with Gasteiger partial charge in [0, 0.05) is 18.6 Å². The SMILES string of the molecule is COc1ccc(CN2C=C3C(=NC=NC3(N)c3cnccn3)N2)cc1. The van der Waals surface area contributed by atoms with E-state index in [-0.39, 0.29) is 0 Å². The van der Waals surface area contributed by atoms with E-state index >= 15 is 0 Å². The molecule has 2 aromatic rings. The molecule has 2 aliphatic heterocycles. The van der Waals surface area contributed by atoms with Gasteiger partial charge in [-0.1, -0.05) is 12.1 Å². The number of nitrogens with two attached hydrogens (primary N) is 1. The molecule has 8 heteroatoms. The van der Waals surface area contributed by atoms with Crippen LogP contribution < -0.4 is 15.9 Å². The Labute approximate surface area is 144 Å². The van der Waals surface area contributed by atoms with Gasteiger partial charge in [0.15, 0.2) is 11.5 Å². The standard InChI is InChI=1S/C17H17N7O/c1-25-13-4-2-12(3-5-13)9-24-10-14-16(23-24)21-11-22-17(14,18)15-8-19-6-7-20-15/h2-8,10-11H,9,18H2,1H3,(H,21,22,23). The summed E-state index contributed by atoms with van der Waals surface area (Å²) in [7, 11) is 1.65. The molecule has 0 saturated heterocycles. The number of hydrogen-bond acceptors (Lipinski definition) is 8. The summed E-state index contributed by atoms with van der Waals surface area (Å²) in [6, 6.07) is 7.88. The zero-order valence-corrected chi connectivity index (χ0v) is 13.6. The maximum atomic E-state index is 6.53. The molecule has 1 aromatic heterocycles. The molecule has 1 aromatic carbocycles. The lowest BCUT2D eigenvalue weighted by atomic mass is 9.97. The second kappa shape index (κ2) is 5.99. The zero-order valence-electron chi connectivity index (χ0n) is 13.6. The molecule has 0 aliphatic carbocycles. The van der Waals surface area contributed by atoms with E-state index in [1.807, 2.05) is 35.5 Å². The van der Waals surface area contributed by atoms with Gasteiger partial charge in [0.25, 0.3) is 0 Å². The lowest BCUT2D eigenvalue weighted by Crippen LogP contribution is -2.44. The fraction of sp³-hybridized carbons (Fsp3) is 0.176. The Kier molecular flexibility index (Phi) is 3.66. The summed E-state index contributed by atoms with van der Waals surface area (Å²) in [5, 5.41) is 1.92. The number of nitrogens with zero attached hydrogens (tertiary/aromatic N) is 5. The maximum Gasteiger partial charge on any atom is 0.185 e. The third kappa shape index (κ3) is 2.72. The highest BCUT2D eigenvalue weighted by Gasteiger charge is 2.41. The number of hydrogen-bond donors (Lipinski definition) is 2. The summed E-state index contributed by atoms with van der Waals surface area (Å²) in [5.74, 6) is 1.49. The smallest absolute Gasteiger partial charge is 0.185 e. The minimum atomic E-state index is -1.10. The molecule has 3 N–H and O–H groups in total. The maximum absolute atomic E-state index is 6.53. The molecule has 0 bridgehead atoms. The minimum Gasteiger partial charge on any atom is -0.497 e. The second-order valence-electron chi connectivity index (χ2n) is 5.71. The molecule has 8 nitrogen and oxygen atoms in total. The quantitative estimate of drug-likeness (QED) is 0.862. The largest absolute Gasteiger partial charge is 0.497 e. The summed E-state index contributed by atoms with van der Waals surface area (Å²) in [6.07, 6.45) is 8.18. The van der Waals surface area contributed by atoms with Gasteiger partial charge >= 0.3 is 0 Å². The first kappa shape index (κ1) is 15.3. The summed E-state index contributed by atoms with van der Waals surface area (Å²) in [5.41, 5.74) is 11.1. The van der Waals surface area contributed by atoms with Gasteiger partial charge in [-0.3, -0.25) is 26.1 Å². The molecule has 2 aliphatic rings. The Morgan fingerprint density at radius 3 is 2.80 bits per heavy atom. The van der Waals surface area contributed by atoms with E-state index in [1.165, 1.54) is 6.34 Å². The average Bonchev–Trinajstić information content (AvgIpc) is 3.07. The molecule has 1 atom stereocenters. The number of benzene rings is 1. The van der Waals surface area contributed by atoms with Gasteiger partial charge in [-0.25, -0.2) is 9.98 Å². The van der Waals surface area contributed by atoms with Crippen molar-refractivity contribution in [2.75, 3.05) is 7.11 Å². The average molecular weight is 335 g/mol. The van der Waals surface area contributed by atoms with Crippen LogP contribution in [0.5, 0.6) is 5.75 Å². The first-order valence-corrected chi connectivity index (χ1v) is 7.75. The summed E-state index contributed by atoms with van der Waals surface area (Å²) in [6.45, 7) is 0.642. The van der Waals surface area contributed by atoms with Crippen molar-refractivity contribution in [2.45, 2.75) is 12.2 Å². The normalized spacial score (nSPS) is 21.3. The van der Waals surface area contributed by atoms with Crippen LogP contribution in [-0.2, 0) is 12.2 Å². The molecule has 0 spiro atoms. The van der Waals surface area contributed by atoms with Crippen molar-refractivity contribution >= 4 is 12.2 Å². The van der Waals surface area contributed by atoms with Crippen LogP contribution in [0.15, 0.2) is 64.6 Å². The molecule has 0 radical (unpaired) electrons. The van der Waals surface area contributed by atoms with Crippen LogP contribution in [0.4, 0.5) is 0 Å². The molecule has 4 rings (SSSR count). The molecular formula is C17H17N7O. The number of amidine groups is 1. The molecule has 0 fully saturated rings. The van der Waals surface area contributed by atoms with Gasteiger partial charge < -0.3 is 4.74 Å². The van der Waals surface area contributed by atoms with Gasteiger partial charge in [-0.15, -0.1) is 0 Å². The highest BCUT2D eigenvalue weighted by atomic mass is 16.5. The monoisotopic (exact) mass is 335 g/mol. The van der Waals surface area contributed by atoms with Crippen LogP contribution in [0.25, 0.3) is 0 Å². The minimum absolute atomic E-state index is 0.568. The first-order valence-electron chi connectivity index (χ1n) is 7.75. The number of fused-ring (bicyclic) bond motifs is 1. The van der Waals surface area contributed by atoms with E-state index in [4.69, 9.17) is 10.5 Å². The summed E-state index contributed by atoms with van der Waals surface area (Å²) in [4.78, 5) is 17.0. The molecule has 1 unspecified atom stereocenters. The van der Waals surface area contributed by atoms with E-state index in [1.54, 1.807) is 25.7 Å². The number of aliphatic imine (C=N–C) groups is 2. The fourth-order valence-electron chi connectivity index (χ4n) is 2.78. The van der Waals surface area contributed by atoms with E-state index in [9.17, 15) is 0 Å². The number of rotatable bonds is 4. The Bertz CT molecular complexity index is 860. The topological polar surface area (TPSA) is 101 Å². The zero-order chi connectivity index (χ0) is 17.3. The molecular weight excluding hydrogens is 318 g/mol. The van der Waals surface area contributed by atoms with Crippen LogP contribution in [0.3, 0.4) is 0 Å². The molecule has 3 heterocycles. The van der Waals surface area contributed by atoms with Crippen molar-refractivity contribution in [2.24, 2.45) is 15.7 Å². The van der Waals surface area contributed by atoms with Crippen LogP contribution in [-0.4, -0.2) is 34.3 Å². The van der Waals surface area contributed by atoms with Gasteiger partial charge in [0.05, 0.1) is 25.4 Å². The van der Waals surface area contributed by atoms with E-state index in [0.29, 0.717) is 18.1 Å². The number of methoxy groups -OCH3 is 1. The second-order valence-corrected chi connectivity index (χ2v) is 5.71. The molecule has 126 valence electrons. The molecule has 25 heavy (non-hydrogen) atoms. The van der Waals surface area contributed by atoms with E-state index in [2.05, 4.69) is 25.4 Å². The Hall–Kier alpha value is -3.26. The van der Waals surface area contributed by atoms with E-state index in [0.717, 1.165) is 16.9 Å². The van der Waals surface area contributed by atoms with Crippen molar-refractivity contribution in [1.82, 2.24) is 20.4 Å². The third-order valence-electron chi connectivity index (χ3n) is 4.11. The highest BCUT2D eigenvalue weighted by molar-refractivity contribution is 6.06. The first-order chi connectivity index (χ1) is 12.2. The van der Waals surface area contributed by atoms with Gasteiger partial charge in [0.2, 0.25) is 0 Å². The molecule has 0 saturated carbocycles. The highest BCUT2D eigenvalue weighted by Crippen LogP contribution is 2.32. The van der Waals surface area contributed by atoms with Crippen LogP contribution >= 0.6 is 0 Å². The summed E-state index contributed by atoms with van der Waals surface area (Å²) >= 11 is 0. The van der Waals surface area contributed by atoms with Crippen molar-refractivity contribution in [3.8, 4) is 5.75 Å². The number of hydrazine groups is 1. The Balaban J connectivity index is 1.60. The number of nitrogens with one attached hydrogen (secondary N) is 1. The van der Waals surface area contributed by atoms with Gasteiger partial charge in [-0.05, 0) is 17.7 Å².